The predicted octanol–water partition coefficient (Wildman–Crippen LogP) is 4.98. The Morgan fingerprint density at radius 1 is 0.604 bits per heavy atom. The lowest BCUT2D eigenvalue weighted by molar-refractivity contribution is -0.138. The molecular formula is C34H43F6N5O3. The van der Waals surface area contributed by atoms with Gasteiger partial charge in [-0.15, -0.1) is 0 Å². The van der Waals surface area contributed by atoms with Crippen molar-refractivity contribution in [2.45, 2.75) is 51.1 Å². The van der Waals surface area contributed by atoms with Gasteiger partial charge < -0.3 is 14.7 Å². The molecule has 2 aliphatic heterocycles. The van der Waals surface area contributed by atoms with E-state index in [0.29, 0.717) is 78.3 Å². The molecule has 0 spiro atoms. The first-order chi connectivity index (χ1) is 22.6. The summed E-state index contributed by atoms with van der Waals surface area (Å²) in [7, 11) is 3.29. The highest BCUT2D eigenvalue weighted by atomic mass is 19.4. The highest BCUT2D eigenvalue weighted by molar-refractivity contribution is 5.82. The monoisotopic (exact) mass is 683 g/mol. The van der Waals surface area contributed by atoms with Gasteiger partial charge in [0.1, 0.15) is 0 Å². The first-order valence-corrected chi connectivity index (χ1v) is 16.1. The molecule has 2 aromatic carbocycles. The van der Waals surface area contributed by atoms with Crippen molar-refractivity contribution in [2.75, 3.05) is 66.5 Å². The molecule has 48 heavy (non-hydrogen) atoms. The number of carbonyl (C=O) groups excluding carboxylic acids is 3. The molecule has 2 saturated heterocycles. The summed E-state index contributed by atoms with van der Waals surface area (Å²) in [6.07, 6.45) is -7.79. The lowest BCUT2D eigenvalue weighted by Crippen LogP contribution is -2.48. The van der Waals surface area contributed by atoms with Gasteiger partial charge >= 0.3 is 12.4 Å². The number of carbonyl (C=O) groups is 3. The van der Waals surface area contributed by atoms with Gasteiger partial charge in [0.05, 0.1) is 11.1 Å². The van der Waals surface area contributed by atoms with Gasteiger partial charge in [-0.2, -0.15) is 26.3 Å². The average Bonchev–Trinajstić information content (AvgIpc) is 3.04. The third kappa shape index (κ3) is 10.7. The molecule has 0 unspecified atom stereocenters. The van der Waals surface area contributed by atoms with Gasteiger partial charge in [-0.05, 0) is 48.2 Å². The molecule has 0 N–H and O–H groups in total. The Bertz CT molecular complexity index is 1270. The van der Waals surface area contributed by atoms with Crippen LogP contribution in [0.25, 0.3) is 0 Å². The smallest absolute Gasteiger partial charge is 0.349 e. The number of rotatable bonds is 11. The van der Waals surface area contributed by atoms with Gasteiger partial charge in [0, 0.05) is 98.3 Å². The van der Waals surface area contributed by atoms with Gasteiger partial charge in [-0.1, -0.05) is 24.3 Å². The van der Waals surface area contributed by atoms with Crippen molar-refractivity contribution < 1.29 is 40.7 Å². The number of hydrogen-bond donors (Lipinski definition) is 0. The largest absolute Gasteiger partial charge is 0.416 e. The van der Waals surface area contributed by atoms with E-state index in [2.05, 4.69) is 9.80 Å². The van der Waals surface area contributed by atoms with Crippen LogP contribution in [0.15, 0.2) is 48.5 Å². The molecule has 0 atom stereocenters. The topological polar surface area (TPSA) is 67.4 Å². The van der Waals surface area contributed by atoms with E-state index in [1.165, 1.54) is 29.2 Å². The molecule has 2 heterocycles. The Labute approximate surface area is 277 Å². The zero-order valence-corrected chi connectivity index (χ0v) is 27.3. The molecule has 0 saturated carbocycles. The quantitative estimate of drug-likeness (QED) is 0.313. The summed E-state index contributed by atoms with van der Waals surface area (Å²) in [5.74, 6) is -0.777. The van der Waals surface area contributed by atoms with Crippen molar-refractivity contribution in [3.05, 3.63) is 70.8 Å². The van der Waals surface area contributed by atoms with Gasteiger partial charge in [-0.25, -0.2) is 0 Å². The lowest BCUT2D eigenvalue weighted by Gasteiger charge is -2.35. The van der Waals surface area contributed by atoms with E-state index >= 15 is 0 Å². The maximum atomic E-state index is 13.0. The van der Waals surface area contributed by atoms with Crippen molar-refractivity contribution >= 4 is 17.7 Å². The molecule has 264 valence electrons. The second-order valence-corrected chi connectivity index (χ2v) is 12.7. The van der Waals surface area contributed by atoms with E-state index < -0.39 is 29.4 Å². The Kier molecular flexibility index (Phi) is 12.5. The van der Waals surface area contributed by atoms with Crippen LogP contribution in [0.1, 0.15) is 47.9 Å². The zero-order valence-electron chi connectivity index (χ0n) is 27.3. The average molecular weight is 684 g/mol. The van der Waals surface area contributed by atoms with Crippen molar-refractivity contribution in [2.24, 2.45) is 5.92 Å². The minimum Gasteiger partial charge on any atom is -0.349 e. The van der Waals surface area contributed by atoms with Crippen molar-refractivity contribution in [1.29, 1.82) is 0 Å². The summed E-state index contributed by atoms with van der Waals surface area (Å²) < 4.78 is 77.0. The molecular weight excluding hydrogens is 640 g/mol. The number of halogens is 6. The Balaban J connectivity index is 1.18. The summed E-state index contributed by atoms with van der Waals surface area (Å²) in [6.45, 7) is 5.23. The Hall–Kier alpha value is -3.65. The zero-order chi connectivity index (χ0) is 35.1. The van der Waals surface area contributed by atoms with Crippen LogP contribution in [-0.4, -0.2) is 109 Å². The summed E-state index contributed by atoms with van der Waals surface area (Å²) in [6, 6.07) is 10.2. The molecule has 2 aromatic rings. The van der Waals surface area contributed by atoms with Crippen molar-refractivity contribution in [1.82, 2.24) is 24.5 Å². The number of alkyl halides is 6. The minimum atomic E-state index is -4.38. The fraction of sp³-hybridized carbons (Fsp3) is 0.559. The van der Waals surface area contributed by atoms with Crippen LogP contribution < -0.4 is 0 Å². The fourth-order valence-electron chi connectivity index (χ4n) is 6.09. The van der Waals surface area contributed by atoms with Crippen molar-refractivity contribution in [3.63, 3.8) is 0 Å². The normalized spacial score (nSPS) is 16.8. The summed E-state index contributed by atoms with van der Waals surface area (Å²) in [5, 5.41) is 0. The number of nitrogens with zero attached hydrogens (tertiary/aromatic N) is 5. The van der Waals surface area contributed by atoms with E-state index in [1.54, 1.807) is 23.9 Å². The van der Waals surface area contributed by atoms with Gasteiger partial charge in [0.15, 0.2) is 0 Å². The van der Waals surface area contributed by atoms with Crippen molar-refractivity contribution in [3.8, 4) is 0 Å². The summed E-state index contributed by atoms with van der Waals surface area (Å²) in [4.78, 5) is 48.2. The molecule has 0 aromatic heterocycles. The Morgan fingerprint density at radius 3 is 1.23 bits per heavy atom. The molecule has 0 aliphatic carbocycles. The first-order valence-electron chi connectivity index (χ1n) is 16.1. The number of amides is 3. The van der Waals surface area contributed by atoms with Crippen LogP contribution in [0, 0.1) is 5.92 Å². The third-order valence-electron chi connectivity index (χ3n) is 9.03. The highest BCUT2D eigenvalue weighted by Gasteiger charge is 2.32. The number of benzene rings is 2. The van der Waals surface area contributed by atoms with E-state index in [-0.39, 0.29) is 30.6 Å². The van der Waals surface area contributed by atoms with Crippen LogP contribution in [0.3, 0.4) is 0 Å². The van der Waals surface area contributed by atoms with Crippen LogP contribution in [-0.2, 0) is 39.8 Å². The van der Waals surface area contributed by atoms with Crippen LogP contribution in [0.4, 0.5) is 26.3 Å². The summed E-state index contributed by atoms with van der Waals surface area (Å²) in [5.41, 5.74) is 0.157. The Morgan fingerprint density at radius 2 is 0.938 bits per heavy atom. The van der Waals surface area contributed by atoms with Crippen LogP contribution in [0.5, 0.6) is 0 Å². The molecule has 2 fully saturated rings. The lowest BCUT2D eigenvalue weighted by atomic mass is 9.95. The van der Waals surface area contributed by atoms with Gasteiger partial charge in [0.2, 0.25) is 17.7 Å². The minimum absolute atomic E-state index is 0.0729. The van der Waals surface area contributed by atoms with E-state index in [1.807, 2.05) is 0 Å². The van der Waals surface area contributed by atoms with Crippen LogP contribution in [0.2, 0.25) is 0 Å². The van der Waals surface area contributed by atoms with E-state index in [0.717, 1.165) is 35.4 Å². The van der Waals surface area contributed by atoms with E-state index in [4.69, 9.17) is 0 Å². The summed E-state index contributed by atoms with van der Waals surface area (Å²) >= 11 is 0. The predicted molar refractivity (Wildman–Crippen MR) is 167 cm³/mol. The SMILES string of the molecule is CN(C)C(=O)C(CCC(=O)N1CCN(Cc2ccc(C(F)(F)F)cc2)CC1)CCC(=O)N1CCN(Cc2ccc(C(F)(F)F)cc2)CC1. The molecule has 14 heteroatoms. The maximum absolute atomic E-state index is 13.0. The molecule has 4 rings (SSSR count). The molecule has 0 bridgehead atoms. The third-order valence-corrected chi connectivity index (χ3v) is 9.03. The molecule has 8 nitrogen and oxygen atoms in total. The maximum Gasteiger partial charge on any atom is 0.416 e. The second-order valence-electron chi connectivity index (χ2n) is 12.7. The van der Waals surface area contributed by atoms with Gasteiger partial charge in [-0.3, -0.25) is 24.2 Å². The molecule has 3 amide bonds. The second kappa shape index (κ2) is 16.2. The highest BCUT2D eigenvalue weighted by Crippen LogP contribution is 2.30. The molecule has 2 aliphatic rings. The fourth-order valence-corrected chi connectivity index (χ4v) is 6.09. The standard InChI is InChI=1S/C34H43F6N5O3/c1-41(2)32(48)27(7-13-30(46)44-19-15-42(16-20-44)23-25-3-9-28(10-4-25)33(35,36)37)8-14-31(47)45-21-17-43(18-22-45)24-26-5-11-29(12-6-26)34(38,39)40/h3-6,9-12,27H,7-8,13-24H2,1-2H3. The van der Waals surface area contributed by atoms with E-state index in [9.17, 15) is 40.7 Å². The first kappa shape index (κ1) is 37.2. The van der Waals surface area contributed by atoms with Gasteiger partial charge in [0.25, 0.3) is 0 Å². The van der Waals surface area contributed by atoms with Crippen LogP contribution >= 0.6 is 0 Å². The number of piperazine rings is 2. The molecule has 0 radical (unpaired) electrons. The number of hydrogen-bond acceptors (Lipinski definition) is 5.